The van der Waals surface area contributed by atoms with Gasteiger partial charge in [0, 0.05) is 13.0 Å². The van der Waals surface area contributed by atoms with E-state index in [0.717, 1.165) is 38.5 Å². The lowest BCUT2D eigenvalue weighted by Crippen LogP contribution is -2.59. The molecule has 5 nitrogen and oxygen atoms in total. The number of halogens is 2. The number of hydrogen-bond acceptors (Lipinski definition) is 3. The minimum Gasteiger partial charge on any atom is -0.324 e. The second-order valence-corrected chi connectivity index (χ2v) is 18.3. The first kappa shape index (κ1) is 52.3. The number of carbonyl (C=O) groups is 3. The molecular weight excluding hydrogens is 699 g/mol. The summed E-state index contributed by atoms with van der Waals surface area (Å²) < 4.78 is 0.467. The maximum atomic E-state index is 13.9. The van der Waals surface area contributed by atoms with Gasteiger partial charge in [-0.3, -0.25) is 14.4 Å². The molecule has 0 aromatic heterocycles. The van der Waals surface area contributed by atoms with Crippen molar-refractivity contribution < 1.29 is 18.9 Å². The number of amides is 1. The first-order chi connectivity index (χ1) is 25.5. The molecule has 0 bridgehead atoms. The smallest absolute Gasteiger partial charge is 0.278 e. The topological polar surface area (TPSA) is 54.5 Å². The number of quaternary nitrogens is 1. The summed E-state index contributed by atoms with van der Waals surface area (Å²) in [4.78, 5) is 41.0. The number of likely N-dealkylation sites (N-methyl/N-ethyl adjacent to an activating group) is 1. The molecule has 0 saturated carbocycles. The molecule has 0 aromatic rings. The van der Waals surface area contributed by atoms with E-state index in [9.17, 15) is 14.4 Å². The predicted molar refractivity (Wildman–Crippen MR) is 232 cm³/mol. The first-order valence-corrected chi connectivity index (χ1v) is 23.7. The molecule has 0 fully saturated rings. The van der Waals surface area contributed by atoms with Crippen molar-refractivity contribution in [2.45, 2.75) is 244 Å². The van der Waals surface area contributed by atoms with Crippen LogP contribution in [0.1, 0.15) is 239 Å². The van der Waals surface area contributed by atoms with Crippen LogP contribution in [-0.2, 0) is 14.4 Å². The molecule has 1 atom stereocenters. The summed E-state index contributed by atoms with van der Waals surface area (Å²) in [5.41, 5.74) is -1.19. The third-order valence-corrected chi connectivity index (χ3v) is 11.7. The summed E-state index contributed by atoms with van der Waals surface area (Å²) >= 11 is 12.3. The van der Waals surface area contributed by atoms with E-state index in [1.807, 2.05) is 21.1 Å². The second kappa shape index (κ2) is 35.7. The molecule has 0 aliphatic heterocycles. The average molecular weight is 789 g/mol. The van der Waals surface area contributed by atoms with Crippen molar-refractivity contribution in [3.8, 4) is 0 Å². The van der Waals surface area contributed by atoms with Crippen molar-refractivity contribution in [3.05, 3.63) is 0 Å². The van der Waals surface area contributed by atoms with Crippen LogP contribution in [0.15, 0.2) is 0 Å². The van der Waals surface area contributed by atoms with E-state index in [-0.39, 0.29) is 25.3 Å². The zero-order valence-corrected chi connectivity index (χ0v) is 37.5. The Kier molecular flexibility index (Phi) is 35.3. The molecule has 314 valence electrons. The van der Waals surface area contributed by atoms with Crippen LogP contribution in [0.4, 0.5) is 0 Å². The molecule has 7 heteroatoms. The number of rotatable bonds is 41. The van der Waals surface area contributed by atoms with Crippen LogP contribution in [0.3, 0.4) is 0 Å². The quantitative estimate of drug-likeness (QED) is 0.0352. The maximum Gasteiger partial charge on any atom is 0.278 e. The molecule has 0 spiro atoms. The Balaban J connectivity index is 4.78. The Morgan fingerprint density at radius 3 is 1.04 bits per heavy atom. The first-order valence-electron chi connectivity index (χ1n) is 23.0. The Bertz CT molecular complexity index is 877. The SMILES string of the molecule is CCCCCCCCCCCCCCCCCCN(C(=O)C[N+](C)(C)C)[C@](CCCCCCCCCCCCCCCCCC)(CCC(=O)Cl)C(=O)Cl. The van der Waals surface area contributed by atoms with E-state index in [0.29, 0.717) is 17.4 Å². The highest BCUT2D eigenvalue weighted by Gasteiger charge is 2.45. The van der Waals surface area contributed by atoms with Gasteiger partial charge in [-0.15, -0.1) is 0 Å². The van der Waals surface area contributed by atoms with Crippen LogP contribution < -0.4 is 0 Å². The minimum atomic E-state index is -1.19. The zero-order chi connectivity index (χ0) is 39.5. The van der Waals surface area contributed by atoms with Crippen LogP contribution in [-0.4, -0.2) is 65.5 Å². The van der Waals surface area contributed by atoms with Gasteiger partial charge in [-0.05, 0) is 42.5 Å². The third kappa shape index (κ3) is 31.2. The van der Waals surface area contributed by atoms with Gasteiger partial charge < -0.3 is 9.38 Å². The van der Waals surface area contributed by atoms with Gasteiger partial charge in [-0.25, -0.2) is 0 Å². The zero-order valence-electron chi connectivity index (χ0n) is 36.0. The predicted octanol–water partition coefficient (Wildman–Crippen LogP) is 14.5. The molecule has 0 unspecified atom stereocenters. The maximum absolute atomic E-state index is 13.9. The molecule has 0 rings (SSSR count). The van der Waals surface area contributed by atoms with E-state index >= 15 is 0 Å². The van der Waals surface area contributed by atoms with Gasteiger partial charge in [-0.2, -0.15) is 0 Å². The Labute approximate surface area is 340 Å². The van der Waals surface area contributed by atoms with E-state index in [4.69, 9.17) is 23.2 Å². The molecular formula is C46H89Cl2N2O3+. The van der Waals surface area contributed by atoms with Crippen LogP contribution in [0.5, 0.6) is 0 Å². The van der Waals surface area contributed by atoms with E-state index in [2.05, 4.69) is 13.8 Å². The molecule has 0 aliphatic carbocycles. The normalized spacial score (nSPS) is 13.0. The van der Waals surface area contributed by atoms with Crippen LogP contribution in [0.2, 0.25) is 0 Å². The highest BCUT2D eigenvalue weighted by Crippen LogP contribution is 2.33. The molecule has 0 heterocycles. The van der Waals surface area contributed by atoms with Crippen LogP contribution >= 0.6 is 23.2 Å². The molecule has 0 aliphatic rings. The third-order valence-electron chi connectivity index (χ3n) is 11.2. The highest BCUT2D eigenvalue weighted by molar-refractivity contribution is 6.66. The van der Waals surface area contributed by atoms with Crippen molar-refractivity contribution in [2.24, 2.45) is 0 Å². The Morgan fingerprint density at radius 2 is 0.755 bits per heavy atom. The van der Waals surface area contributed by atoms with Crippen LogP contribution in [0.25, 0.3) is 0 Å². The Hall–Kier alpha value is -0.650. The van der Waals surface area contributed by atoms with E-state index in [1.165, 1.54) is 167 Å². The fourth-order valence-corrected chi connectivity index (χ4v) is 8.24. The van der Waals surface area contributed by atoms with Crippen LogP contribution in [0, 0.1) is 0 Å². The summed E-state index contributed by atoms with van der Waals surface area (Å²) in [5, 5.41) is -1.01. The lowest BCUT2D eigenvalue weighted by molar-refractivity contribution is -0.862. The molecule has 0 N–H and O–H groups in total. The van der Waals surface area contributed by atoms with Gasteiger partial charge >= 0.3 is 0 Å². The second-order valence-electron chi connectivity index (χ2n) is 17.5. The number of unbranched alkanes of at least 4 members (excludes halogenated alkanes) is 30. The van der Waals surface area contributed by atoms with Crippen molar-refractivity contribution in [1.29, 1.82) is 0 Å². The highest BCUT2D eigenvalue weighted by atomic mass is 35.5. The average Bonchev–Trinajstić information content (AvgIpc) is 3.10. The number of hydrogen-bond donors (Lipinski definition) is 0. The summed E-state index contributed by atoms with van der Waals surface area (Å²) in [6.45, 7) is 5.32. The monoisotopic (exact) mass is 788 g/mol. The van der Waals surface area contributed by atoms with E-state index in [1.54, 1.807) is 4.90 Å². The van der Waals surface area contributed by atoms with Crippen molar-refractivity contribution >= 4 is 39.6 Å². The van der Waals surface area contributed by atoms with Crippen molar-refractivity contribution in [1.82, 2.24) is 4.90 Å². The van der Waals surface area contributed by atoms with E-state index < -0.39 is 16.0 Å². The minimum absolute atomic E-state index is 0.0337. The number of carbonyl (C=O) groups excluding carboxylic acids is 3. The standard InChI is InChI=1S/C46H89Cl2N2O3/c1-6-8-10-12-14-16-18-20-22-24-26-28-30-32-34-36-39-46(45(48)53,40-38-43(47)51)49(44(52)42-50(3,4)5)41-37-35-33-31-29-27-25-23-21-19-17-15-13-11-9-7-2/h6-42H2,1-5H3/q+1/t46-/m1/s1. The summed E-state index contributed by atoms with van der Waals surface area (Å²) in [7, 11) is 5.98. The van der Waals surface area contributed by atoms with Crippen molar-refractivity contribution in [3.63, 3.8) is 0 Å². The Morgan fingerprint density at radius 1 is 0.453 bits per heavy atom. The van der Waals surface area contributed by atoms with Gasteiger partial charge in [0.1, 0.15) is 5.54 Å². The molecule has 0 radical (unpaired) electrons. The molecule has 0 saturated heterocycles. The lowest BCUT2D eigenvalue weighted by Gasteiger charge is -2.42. The summed E-state index contributed by atoms with van der Waals surface area (Å²) in [6.07, 6.45) is 41.7. The van der Waals surface area contributed by atoms with Gasteiger partial charge in [-0.1, -0.05) is 213 Å². The molecule has 53 heavy (non-hydrogen) atoms. The fourth-order valence-electron chi connectivity index (χ4n) is 7.85. The van der Waals surface area contributed by atoms with Gasteiger partial charge in [0.25, 0.3) is 5.91 Å². The van der Waals surface area contributed by atoms with Gasteiger partial charge in [0.15, 0.2) is 6.54 Å². The van der Waals surface area contributed by atoms with Gasteiger partial charge in [0.05, 0.1) is 21.1 Å². The largest absolute Gasteiger partial charge is 0.324 e. The fraction of sp³-hybridized carbons (Fsp3) is 0.935. The summed E-state index contributed by atoms with van der Waals surface area (Å²) in [6, 6.07) is 0. The lowest BCUT2D eigenvalue weighted by atomic mass is 9.85. The van der Waals surface area contributed by atoms with Gasteiger partial charge in [0.2, 0.25) is 10.5 Å². The summed E-state index contributed by atoms with van der Waals surface area (Å²) in [5.74, 6) is -0.0639. The molecule has 0 aromatic carbocycles. The molecule has 1 amide bonds. The van der Waals surface area contributed by atoms with Crippen molar-refractivity contribution in [2.75, 3.05) is 34.2 Å². The number of nitrogens with zero attached hydrogens (tertiary/aromatic N) is 2.